The topological polar surface area (TPSA) is 135 Å². The van der Waals surface area contributed by atoms with E-state index in [-0.39, 0.29) is 6.54 Å². The lowest BCUT2D eigenvalue weighted by atomic mass is 9.85. The molecule has 5 amide bonds. The third-order valence-electron chi connectivity index (χ3n) is 4.87. The highest BCUT2D eigenvalue weighted by molar-refractivity contribution is 6.08. The fourth-order valence-corrected chi connectivity index (χ4v) is 3.36. The van der Waals surface area contributed by atoms with Crippen molar-refractivity contribution in [3.8, 4) is 0 Å². The molecule has 2 heterocycles. The summed E-state index contributed by atoms with van der Waals surface area (Å²) in [6, 6.07) is 1.37. The Labute approximate surface area is 166 Å². The molecule has 10 nitrogen and oxygen atoms in total. The minimum absolute atomic E-state index is 0.0826. The number of hydrogen-bond donors (Lipinski definition) is 2. The second kappa shape index (κ2) is 8.72. The molecular weight excluding hydrogens is 382 g/mol. The average molecular weight is 403 g/mol. The molecule has 1 fully saturated rings. The SMILES string of the molecule is C[C@@H](C(=O)OCC(=O)NC(=O)NCc1ccco1)N1C(=O)[C@@H]2CC=CC[C@H]2C1=O. The highest BCUT2D eigenvalue weighted by Gasteiger charge is 2.50. The molecule has 1 aliphatic carbocycles. The Hall–Kier alpha value is -3.43. The van der Waals surface area contributed by atoms with Crippen molar-refractivity contribution in [2.24, 2.45) is 11.8 Å². The Kier molecular flexibility index (Phi) is 6.10. The summed E-state index contributed by atoms with van der Waals surface area (Å²) in [5.74, 6) is -2.97. The Morgan fingerprint density at radius 2 is 1.86 bits per heavy atom. The summed E-state index contributed by atoms with van der Waals surface area (Å²) in [5, 5.41) is 4.40. The highest BCUT2D eigenvalue weighted by Crippen LogP contribution is 2.36. The van der Waals surface area contributed by atoms with Crippen molar-refractivity contribution in [2.45, 2.75) is 32.4 Å². The number of nitrogens with zero attached hydrogens (tertiary/aromatic N) is 1. The lowest BCUT2D eigenvalue weighted by Gasteiger charge is -2.21. The quantitative estimate of drug-likeness (QED) is 0.401. The van der Waals surface area contributed by atoms with Gasteiger partial charge in [-0.3, -0.25) is 24.6 Å². The third kappa shape index (κ3) is 4.53. The van der Waals surface area contributed by atoms with Gasteiger partial charge in [-0.1, -0.05) is 12.2 Å². The molecule has 0 saturated carbocycles. The number of ether oxygens (including phenoxy) is 1. The van der Waals surface area contributed by atoms with Crippen LogP contribution in [0.3, 0.4) is 0 Å². The molecule has 0 unspecified atom stereocenters. The van der Waals surface area contributed by atoms with Crippen LogP contribution in [-0.4, -0.2) is 47.3 Å². The molecule has 1 aromatic rings. The summed E-state index contributed by atoms with van der Waals surface area (Å²) in [6.07, 6.45) is 6.06. The van der Waals surface area contributed by atoms with Gasteiger partial charge in [0.1, 0.15) is 11.8 Å². The van der Waals surface area contributed by atoms with Crippen LogP contribution >= 0.6 is 0 Å². The number of amides is 5. The van der Waals surface area contributed by atoms with E-state index in [1.54, 1.807) is 12.1 Å². The largest absolute Gasteiger partial charge is 0.467 e. The van der Waals surface area contributed by atoms with E-state index < -0.39 is 54.2 Å². The van der Waals surface area contributed by atoms with Gasteiger partial charge in [0.2, 0.25) is 11.8 Å². The molecule has 3 atom stereocenters. The van der Waals surface area contributed by atoms with Gasteiger partial charge in [0.05, 0.1) is 24.6 Å². The van der Waals surface area contributed by atoms with Crippen LogP contribution in [-0.2, 0) is 30.5 Å². The minimum atomic E-state index is -1.15. The first kappa shape index (κ1) is 20.3. The van der Waals surface area contributed by atoms with Crippen molar-refractivity contribution in [1.82, 2.24) is 15.5 Å². The van der Waals surface area contributed by atoms with Crippen LogP contribution < -0.4 is 10.6 Å². The molecule has 1 saturated heterocycles. The summed E-state index contributed by atoms with van der Waals surface area (Å²) >= 11 is 0. The van der Waals surface area contributed by atoms with Crippen molar-refractivity contribution >= 4 is 29.7 Å². The van der Waals surface area contributed by atoms with Crippen molar-refractivity contribution in [2.75, 3.05) is 6.61 Å². The number of nitrogens with one attached hydrogen (secondary N) is 2. The Morgan fingerprint density at radius 3 is 2.45 bits per heavy atom. The number of fused-ring (bicyclic) bond motifs is 1. The van der Waals surface area contributed by atoms with E-state index in [0.717, 1.165) is 4.90 Å². The molecule has 1 aromatic heterocycles. The number of likely N-dealkylation sites (tertiary alicyclic amines) is 1. The van der Waals surface area contributed by atoms with Gasteiger partial charge in [-0.15, -0.1) is 0 Å². The predicted molar refractivity (Wildman–Crippen MR) is 96.7 cm³/mol. The van der Waals surface area contributed by atoms with Crippen LogP contribution in [0.4, 0.5) is 4.79 Å². The molecule has 3 rings (SSSR count). The average Bonchev–Trinajstić information content (AvgIpc) is 3.31. The maximum atomic E-state index is 12.5. The Balaban J connectivity index is 1.45. The molecule has 0 bridgehead atoms. The molecule has 154 valence electrons. The number of carbonyl (C=O) groups excluding carboxylic acids is 5. The summed E-state index contributed by atoms with van der Waals surface area (Å²) in [6.45, 7) is 0.734. The number of furan rings is 1. The van der Waals surface area contributed by atoms with Gasteiger partial charge in [-0.2, -0.15) is 0 Å². The first-order valence-corrected chi connectivity index (χ1v) is 9.17. The van der Waals surface area contributed by atoms with Gasteiger partial charge in [0.25, 0.3) is 5.91 Å². The number of carbonyl (C=O) groups is 5. The van der Waals surface area contributed by atoms with Gasteiger partial charge < -0.3 is 14.5 Å². The zero-order valence-corrected chi connectivity index (χ0v) is 15.8. The van der Waals surface area contributed by atoms with Crippen LogP contribution in [0.25, 0.3) is 0 Å². The zero-order valence-electron chi connectivity index (χ0n) is 15.8. The number of imide groups is 2. The van der Waals surface area contributed by atoms with Crippen LogP contribution in [0, 0.1) is 11.8 Å². The van der Waals surface area contributed by atoms with E-state index in [4.69, 9.17) is 9.15 Å². The normalized spacial score (nSPS) is 21.5. The monoisotopic (exact) mass is 403 g/mol. The summed E-state index contributed by atoms with van der Waals surface area (Å²) in [5.41, 5.74) is 0. The van der Waals surface area contributed by atoms with Crippen LogP contribution in [0.2, 0.25) is 0 Å². The van der Waals surface area contributed by atoms with Gasteiger partial charge in [-0.25, -0.2) is 9.59 Å². The first-order chi connectivity index (χ1) is 13.9. The summed E-state index contributed by atoms with van der Waals surface area (Å²) < 4.78 is 9.90. The van der Waals surface area contributed by atoms with Crippen LogP contribution in [0.5, 0.6) is 0 Å². The van der Waals surface area contributed by atoms with Crippen LogP contribution in [0.1, 0.15) is 25.5 Å². The van der Waals surface area contributed by atoms with Crippen LogP contribution in [0.15, 0.2) is 35.0 Å². The van der Waals surface area contributed by atoms with E-state index in [9.17, 15) is 24.0 Å². The van der Waals surface area contributed by atoms with Crippen molar-refractivity contribution in [3.63, 3.8) is 0 Å². The smallest absolute Gasteiger partial charge is 0.329 e. The van der Waals surface area contributed by atoms with Gasteiger partial charge in [-0.05, 0) is 31.9 Å². The van der Waals surface area contributed by atoms with Gasteiger partial charge >= 0.3 is 12.0 Å². The fraction of sp³-hybridized carbons (Fsp3) is 0.421. The maximum absolute atomic E-state index is 12.5. The van der Waals surface area contributed by atoms with E-state index in [0.29, 0.717) is 18.6 Å². The van der Waals surface area contributed by atoms with Crippen molar-refractivity contribution in [3.05, 3.63) is 36.3 Å². The molecular formula is C19H21N3O7. The Morgan fingerprint density at radius 1 is 1.21 bits per heavy atom. The van der Waals surface area contributed by atoms with E-state index >= 15 is 0 Å². The Bertz CT molecular complexity index is 820. The standard InChI is InChI=1S/C19H21N3O7/c1-11(22-16(24)13-6-2-3-7-14(13)17(22)25)18(26)29-10-15(23)21-19(27)20-9-12-5-4-8-28-12/h2-5,8,11,13-14H,6-7,9-10H2,1H3,(H2,20,21,23,27)/t11-,13+,14+/m0/s1. The molecule has 2 N–H and O–H groups in total. The van der Waals surface area contributed by atoms with E-state index in [1.807, 2.05) is 17.5 Å². The summed E-state index contributed by atoms with van der Waals surface area (Å²) in [7, 11) is 0. The maximum Gasteiger partial charge on any atom is 0.329 e. The number of rotatable bonds is 6. The molecule has 29 heavy (non-hydrogen) atoms. The first-order valence-electron chi connectivity index (χ1n) is 9.17. The van der Waals surface area contributed by atoms with Gasteiger partial charge in [0.15, 0.2) is 6.61 Å². The van der Waals surface area contributed by atoms with Crippen molar-refractivity contribution < 1.29 is 33.1 Å². The number of esters is 1. The highest BCUT2D eigenvalue weighted by atomic mass is 16.5. The minimum Gasteiger partial charge on any atom is -0.467 e. The zero-order chi connectivity index (χ0) is 21.0. The van der Waals surface area contributed by atoms with E-state index in [2.05, 4.69) is 5.32 Å². The summed E-state index contributed by atoms with van der Waals surface area (Å²) in [4.78, 5) is 61.5. The second-order valence-corrected chi connectivity index (χ2v) is 6.80. The number of urea groups is 1. The van der Waals surface area contributed by atoms with Gasteiger partial charge in [0, 0.05) is 0 Å². The van der Waals surface area contributed by atoms with Crippen molar-refractivity contribution in [1.29, 1.82) is 0 Å². The van der Waals surface area contributed by atoms with E-state index in [1.165, 1.54) is 13.2 Å². The lowest BCUT2D eigenvalue weighted by Crippen LogP contribution is -2.46. The lowest BCUT2D eigenvalue weighted by molar-refractivity contribution is -0.159. The second-order valence-electron chi connectivity index (χ2n) is 6.80. The number of allylic oxidation sites excluding steroid dienone is 2. The molecule has 0 radical (unpaired) electrons. The molecule has 0 spiro atoms. The molecule has 10 heteroatoms. The molecule has 2 aliphatic rings. The fourth-order valence-electron chi connectivity index (χ4n) is 3.36. The predicted octanol–water partition coefficient (Wildman–Crippen LogP) is 0.488. The number of hydrogen-bond acceptors (Lipinski definition) is 7. The third-order valence-corrected chi connectivity index (χ3v) is 4.87. The molecule has 1 aliphatic heterocycles. The molecule has 0 aromatic carbocycles.